The van der Waals surface area contributed by atoms with Crippen molar-refractivity contribution in [2.75, 3.05) is 0 Å². The highest BCUT2D eigenvalue weighted by atomic mass is 32.1. The second-order valence-corrected chi connectivity index (χ2v) is 12.2. The number of nitrogens with zero attached hydrogens (tertiary/aromatic N) is 4. The Labute approximate surface area is 252 Å². The lowest BCUT2D eigenvalue weighted by molar-refractivity contribution is -0.132. The summed E-state index contributed by atoms with van der Waals surface area (Å²) in [6.07, 6.45) is 6.32. The molecule has 0 amide bonds. The molecule has 0 saturated heterocycles. The second kappa shape index (κ2) is 11.9. The van der Waals surface area contributed by atoms with Crippen molar-refractivity contribution < 1.29 is 9.90 Å². The average Bonchev–Trinajstić information content (AvgIpc) is 3.76. The normalized spacial score (nSPS) is 12.7. The number of benzene rings is 3. The summed E-state index contributed by atoms with van der Waals surface area (Å²) in [5.74, 6) is -0.578. The fourth-order valence-electron chi connectivity index (χ4n) is 5.75. The van der Waals surface area contributed by atoms with Crippen molar-refractivity contribution in [1.29, 1.82) is 5.26 Å². The molecule has 3 aromatic carbocycles. The zero-order valence-electron chi connectivity index (χ0n) is 23.5. The van der Waals surface area contributed by atoms with Crippen LogP contribution in [0.2, 0.25) is 0 Å². The minimum atomic E-state index is -1.23. The Morgan fingerprint density at radius 2 is 1.76 bits per heavy atom. The molecule has 6 rings (SSSR count). The SMILES string of the molecule is CCCCC(CC)Cn1c2ccccc2c2cc(-c3ccc(-c4ccc(/C=C(\C#N)C(=O)O)s4)c4nsnc34)ccc21. The molecule has 0 radical (unpaired) electrons. The van der Waals surface area contributed by atoms with Gasteiger partial charge in [0.25, 0.3) is 0 Å². The van der Waals surface area contributed by atoms with Gasteiger partial charge in [0.05, 0.1) is 11.7 Å². The van der Waals surface area contributed by atoms with E-state index in [0.29, 0.717) is 10.8 Å². The summed E-state index contributed by atoms with van der Waals surface area (Å²) in [6, 6.07) is 25.1. The van der Waals surface area contributed by atoms with Gasteiger partial charge in [-0.05, 0) is 54.3 Å². The molecule has 0 spiro atoms. The number of fused-ring (bicyclic) bond motifs is 4. The van der Waals surface area contributed by atoms with Gasteiger partial charge >= 0.3 is 5.97 Å². The Balaban J connectivity index is 1.42. The van der Waals surface area contributed by atoms with Crippen molar-refractivity contribution in [2.45, 2.75) is 46.1 Å². The van der Waals surface area contributed by atoms with E-state index >= 15 is 0 Å². The first kappa shape index (κ1) is 27.8. The molecule has 1 unspecified atom stereocenters. The van der Waals surface area contributed by atoms with Crippen LogP contribution in [0, 0.1) is 17.2 Å². The van der Waals surface area contributed by atoms with Gasteiger partial charge in [-0.25, -0.2) is 4.79 Å². The summed E-state index contributed by atoms with van der Waals surface area (Å²) >= 11 is 2.62. The molecular weight excluding hydrogens is 561 g/mol. The van der Waals surface area contributed by atoms with Crippen LogP contribution in [0.4, 0.5) is 0 Å². The molecule has 6 aromatic rings. The zero-order valence-corrected chi connectivity index (χ0v) is 25.1. The van der Waals surface area contributed by atoms with Crippen molar-refractivity contribution in [2.24, 2.45) is 5.92 Å². The van der Waals surface area contributed by atoms with Gasteiger partial charge in [0.15, 0.2) is 0 Å². The van der Waals surface area contributed by atoms with Gasteiger partial charge in [-0.3, -0.25) is 0 Å². The highest BCUT2D eigenvalue weighted by Crippen LogP contribution is 2.40. The van der Waals surface area contributed by atoms with E-state index in [2.05, 4.69) is 77.4 Å². The van der Waals surface area contributed by atoms with Crippen LogP contribution in [-0.4, -0.2) is 24.4 Å². The van der Waals surface area contributed by atoms with Crippen molar-refractivity contribution in [3.05, 3.63) is 77.2 Å². The number of carboxylic acids is 1. The monoisotopic (exact) mass is 590 g/mol. The molecule has 42 heavy (non-hydrogen) atoms. The van der Waals surface area contributed by atoms with Crippen LogP contribution in [0.5, 0.6) is 0 Å². The number of aromatic nitrogens is 3. The Bertz CT molecular complexity index is 2010. The van der Waals surface area contributed by atoms with Gasteiger partial charge in [0.1, 0.15) is 22.7 Å². The van der Waals surface area contributed by atoms with Crippen molar-refractivity contribution >= 4 is 67.9 Å². The van der Waals surface area contributed by atoms with Crippen LogP contribution in [0.1, 0.15) is 44.4 Å². The highest BCUT2D eigenvalue weighted by Gasteiger charge is 2.18. The lowest BCUT2D eigenvalue weighted by Gasteiger charge is -2.17. The minimum absolute atomic E-state index is 0.290. The van der Waals surface area contributed by atoms with E-state index in [9.17, 15) is 9.90 Å². The maximum atomic E-state index is 11.3. The van der Waals surface area contributed by atoms with Crippen LogP contribution < -0.4 is 0 Å². The lowest BCUT2D eigenvalue weighted by Crippen LogP contribution is -2.10. The summed E-state index contributed by atoms with van der Waals surface area (Å²) < 4.78 is 11.9. The van der Waals surface area contributed by atoms with Gasteiger partial charge < -0.3 is 9.67 Å². The number of nitriles is 1. The van der Waals surface area contributed by atoms with Gasteiger partial charge in [0.2, 0.25) is 0 Å². The Morgan fingerprint density at radius 1 is 1.00 bits per heavy atom. The number of hydrogen-bond donors (Lipinski definition) is 1. The number of para-hydroxylation sites is 1. The summed E-state index contributed by atoms with van der Waals surface area (Å²) in [7, 11) is 0. The molecule has 3 aromatic heterocycles. The number of hydrogen-bond acceptors (Lipinski definition) is 6. The Kier molecular flexibility index (Phi) is 7.88. The summed E-state index contributed by atoms with van der Waals surface area (Å²) in [5.41, 5.74) is 6.99. The summed E-state index contributed by atoms with van der Waals surface area (Å²) in [4.78, 5) is 12.9. The van der Waals surface area contributed by atoms with E-state index < -0.39 is 5.97 Å². The van der Waals surface area contributed by atoms with E-state index in [1.807, 2.05) is 12.1 Å². The summed E-state index contributed by atoms with van der Waals surface area (Å²) in [6.45, 7) is 5.59. The van der Waals surface area contributed by atoms with Crippen molar-refractivity contribution in [1.82, 2.24) is 13.3 Å². The molecule has 0 saturated carbocycles. The van der Waals surface area contributed by atoms with E-state index in [1.165, 1.54) is 76.6 Å². The third-order valence-electron chi connectivity index (χ3n) is 8.01. The third kappa shape index (κ3) is 5.11. The molecule has 3 heterocycles. The van der Waals surface area contributed by atoms with Crippen LogP contribution in [0.3, 0.4) is 0 Å². The third-order valence-corrected chi connectivity index (χ3v) is 9.61. The molecule has 0 fully saturated rings. The fourth-order valence-corrected chi connectivity index (χ4v) is 7.30. The standard InChI is InChI=1S/C34H30N4O2S2/c1-3-5-8-21(4-2)20-38-29-10-7-6-9-26(29)28-18-22(11-15-30(28)38)25-13-14-27(33-32(25)36-42-37-33)31-16-12-24(41-31)17-23(19-35)34(39)40/h6-7,9-18,21H,3-5,8,20H2,1-2H3,(H,39,40)/b23-17+. The Morgan fingerprint density at radius 3 is 2.52 bits per heavy atom. The average molecular weight is 591 g/mol. The van der Waals surface area contributed by atoms with Crippen molar-refractivity contribution in [3.63, 3.8) is 0 Å². The zero-order chi connectivity index (χ0) is 29.2. The van der Waals surface area contributed by atoms with Gasteiger partial charge in [-0.2, -0.15) is 14.0 Å². The van der Waals surface area contributed by atoms with E-state index in [0.717, 1.165) is 39.1 Å². The fraction of sp³-hybridized carbons (Fsp3) is 0.235. The molecule has 0 aliphatic heterocycles. The first-order valence-corrected chi connectivity index (χ1v) is 15.8. The number of carboxylic acid groups (broad SMARTS) is 1. The number of aliphatic carboxylic acids is 1. The largest absolute Gasteiger partial charge is 0.477 e. The number of carbonyl (C=O) groups is 1. The van der Waals surface area contributed by atoms with Gasteiger partial charge in [-0.1, -0.05) is 69.5 Å². The molecular formula is C34H30N4O2S2. The van der Waals surface area contributed by atoms with E-state index in [1.54, 1.807) is 6.07 Å². The predicted octanol–water partition coefficient (Wildman–Crippen LogP) is 9.40. The van der Waals surface area contributed by atoms with Crippen LogP contribution in [0.15, 0.2) is 72.3 Å². The van der Waals surface area contributed by atoms with Crippen LogP contribution in [0.25, 0.3) is 60.5 Å². The van der Waals surface area contributed by atoms with Gasteiger partial charge in [-0.15, -0.1) is 11.3 Å². The number of unbranched alkanes of at least 4 members (excludes halogenated alkanes) is 1. The number of rotatable bonds is 10. The molecule has 0 bridgehead atoms. The molecule has 1 atom stereocenters. The maximum absolute atomic E-state index is 11.3. The molecule has 0 aliphatic carbocycles. The Hall–Kier alpha value is -4.32. The summed E-state index contributed by atoms with van der Waals surface area (Å²) in [5, 5.41) is 20.9. The predicted molar refractivity (Wildman–Crippen MR) is 174 cm³/mol. The maximum Gasteiger partial charge on any atom is 0.346 e. The van der Waals surface area contributed by atoms with Gasteiger partial charge in [0, 0.05) is 49.2 Å². The first-order chi connectivity index (χ1) is 20.5. The molecule has 1 N–H and O–H groups in total. The van der Waals surface area contributed by atoms with E-state index in [4.69, 9.17) is 9.64 Å². The van der Waals surface area contributed by atoms with Crippen LogP contribution >= 0.6 is 23.1 Å². The topological polar surface area (TPSA) is 91.8 Å². The smallest absolute Gasteiger partial charge is 0.346 e. The second-order valence-electron chi connectivity index (χ2n) is 10.6. The highest BCUT2D eigenvalue weighted by molar-refractivity contribution is 7.16. The molecule has 210 valence electrons. The molecule has 8 heteroatoms. The first-order valence-electron chi connectivity index (χ1n) is 14.2. The minimum Gasteiger partial charge on any atom is -0.477 e. The molecule has 0 aliphatic rings. The van der Waals surface area contributed by atoms with E-state index in [-0.39, 0.29) is 5.57 Å². The van der Waals surface area contributed by atoms with Crippen LogP contribution in [-0.2, 0) is 11.3 Å². The lowest BCUT2D eigenvalue weighted by atomic mass is 9.98. The number of thiophene rings is 1. The molecule has 6 nitrogen and oxygen atoms in total. The quantitative estimate of drug-likeness (QED) is 0.127. The van der Waals surface area contributed by atoms with Crippen molar-refractivity contribution in [3.8, 4) is 27.6 Å².